The van der Waals surface area contributed by atoms with Crippen molar-refractivity contribution in [2.24, 2.45) is 0 Å². The second kappa shape index (κ2) is 12.2. The highest BCUT2D eigenvalue weighted by Crippen LogP contribution is 2.41. The van der Waals surface area contributed by atoms with Crippen molar-refractivity contribution in [3.63, 3.8) is 0 Å². The van der Waals surface area contributed by atoms with E-state index < -0.39 is 17.7 Å². The number of Topliss-reactive ketones (excluding diaryl/α,β-unsaturated/α-hetero) is 1. The first-order valence-electron chi connectivity index (χ1n) is 12.3. The number of ketones is 1. The Bertz CT molecular complexity index is 1350. The highest BCUT2D eigenvalue weighted by Gasteiger charge is 2.46. The average molecular weight is 536 g/mol. The molecular weight excluding hydrogens is 506 g/mol. The number of nitrogens with zero attached hydrogens (tertiary/aromatic N) is 1. The molecule has 1 saturated heterocycles. The van der Waals surface area contributed by atoms with Crippen LogP contribution in [0.3, 0.4) is 0 Å². The van der Waals surface area contributed by atoms with Crippen molar-refractivity contribution in [3.8, 4) is 11.5 Å². The number of carbonyl (C=O) groups excluding carboxylic acids is 2. The summed E-state index contributed by atoms with van der Waals surface area (Å²) in [4.78, 5) is 27.7. The quantitative estimate of drug-likeness (QED) is 0.204. The smallest absolute Gasteiger partial charge is 0.295 e. The van der Waals surface area contributed by atoms with E-state index in [0.717, 1.165) is 11.1 Å². The van der Waals surface area contributed by atoms with Gasteiger partial charge in [-0.1, -0.05) is 48.0 Å². The minimum Gasteiger partial charge on any atom is -0.507 e. The number of benzene rings is 3. The maximum atomic E-state index is 13.2. The van der Waals surface area contributed by atoms with Crippen LogP contribution in [0, 0.1) is 6.92 Å². The number of hydrogen-bond donors (Lipinski definition) is 1. The minimum absolute atomic E-state index is 0.0461. The first-order valence-corrected chi connectivity index (χ1v) is 12.7. The molecule has 0 radical (unpaired) electrons. The Balaban J connectivity index is 1.71. The molecule has 3 aromatic carbocycles. The molecule has 1 aliphatic heterocycles. The van der Waals surface area contributed by atoms with Crippen LogP contribution in [0.5, 0.6) is 11.5 Å². The van der Waals surface area contributed by atoms with E-state index in [1.807, 2.05) is 38.1 Å². The van der Waals surface area contributed by atoms with E-state index in [1.165, 1.54) is 12.0 Å². The van der Waals surface area contributed by atoms with Crippen LogP contribution in [0.1, 0.15) is 35.2 Å². The first kappa shape index (κ1) is 27.2. The Morgan fingerprint density at radius 3 is 2.39 bits per heavy atom. The molecule has 1 unspecified atom stereocenters. The number of halogens is 1. The largest absolute Gasteiger partial charge is 0.507 e. The predicted molar refractivity (Wildman–Crippen MR) is 145 cm³/mol. The summed E-state index contributed by atoms with van der Waals surface area (Å²) in [6, 6.07) is 19.1. The molecule has 1 atom stereocenters. The van der Waals surface area contributed by atoms with Crippen LogP contribution >= 0.6 is 11.6 Å². The maximum absolute atomic E-state index is 13.2. The van der Waals surface area contributed by atoms with Crippen LogP contribution in [-0.4, -0.2) is 48.6 Å². The number of hydrogen-bond acceptors (Lipinski definition) is 6. The van der Waals surface area contributed by atoms with Crippen molar-refractivity contribution in [1.29, 1.82) is 0 Å². The van der Waals surface area contributed by atoms with Gasteiger partial charge in [0.05, 0.1) is 29.9 Å². The third-order valence-corrected chi connectivity index (χ3v) is 6.76. The molecule has 0 bridgehead atoms. The number of aliphatic hydroxyl groups excluding tert-OH is 1. The summed E-state index contributed by atoms with van der Waals surface area (Å²) < 4.78 is 16.7. The number of rotatable bonds is 10. The maximum Gasteiger partial charge on any atom is 0.295 e. The SMILES string of the molecule is CCOc1ccc(Cl)c(/C(O)=C2\C(=O)C(=O)N(CCOC)C2c2ccc(OCc3ccccc3C)cc2)c1. The molecule has 0 spiro atoms. The second-order valence-corrected chi connectivity index (χ2v) is 9.25. The van der Waals surface area contributed by atoms with Gasteiger partial charge >= 0.3 is 0 Å². The van der Waals surface area contributed by atoms with Gasteiger partial charge in [0.1, 0.15) is 23.9 Å². The van der Waals surface area contributed by atoms with Crippen LogP contribution in [0.15, 0.2) is 72.3 Å². The van der Waals surface area contributed by atoms with Gasteiger partial charge in [-0.2, -0.15) is 0 Å². The van der Waals surface area contributed by atoms with Gasteiger partial charge < -0.3 is 24.2 Å². The average Bonchev–Trinajstić information content (AvgIpc) is 3.17. The highest BCUT2D eigenvalue weighted by atomic mass is 35.5. The van der Waals surface area contributed by atoms with E-state index >= 15 is 0 Å². The fourth-order valence-corrected chi connectivity index (χ4v) is 4.62. The van der Waals surface area contributed by atoms with Gasteiger partial charge in [-0.15, -0.1) is 0 Å². The van der Waals surface area contributed by atoms with E-state index in [4.69, 9.17) is 25.8 Å². The van der Waals surface area contributed by atoms with Crippen molar-refractivity contribution in [2.45, 2.75) is 26.5 Å². The van der Waals surface area contributed by atoms with Gasteiger partial charge in [-0.25, -0.2) is 0 Å². The number of amides is 1. The summed E-state index contributed by atoms with van der Waals surface area (Å²) in [5, 5.41) is 11.6. The summed E-state index contributed by atoms with van der Waals surface area (Å²) in [5.74, 6) is -0.747. The Hall–Kier alpha value is -3.81. The Kier molecular flexibility index (Phi) is 8.71. The van der Waals surface area contributed by atoms with E-state index in [1.54, 1.807) is 42.5 Å². The Morgan fingerprint density at radius 2 is 1.71 bits per heavy atom. The molecule has 7 nitrogen and oxygen atoms in total. The molecule has 198 valence electrons. The predicted octanol–water partition coefficient (Wildman–Crippen LogP) is 5.69. The van der Waals surface area contributed by atoms with Gasteiger partial charge in [0.2, 0.25) is 0 Å². The topological polar surface area (TPSA) is 85.3 Å². The molecule has 1 aliphatic rings. The van der Waals surface area contributed by atoms with Crippen LogP contribution in [0.25, 0.3) is 5.76 Å². The molecule has 1 amide bonds. The molecule has 3 aromatic rings. The zero-order valence-electron chi connectivity index (χ0n) is 21.6. The van der Waals surface area contributed by atoms with Crippen molar-refractivity contribution < 1.29 is 28.9 Å². The Morgan fingerprint density at radius 1 is 1.00 bits per heavy atom. The van der Waals surface area contributed by atoms with E-state index in [0.29, 0.717) is 30.3 Å². The third-order valence-electron chi connectivity index (χ3n) is 6.43. The van der Waals surface area contributed by atoms with Gasteiger partial charge in [-0.3, -0.25) is 9.59 Å². The Labute approximate surface area is 227 Å². The number of carbonyl (C=O) groups is 2. The summed E-state index contributed by atoms with van der Waals surface area (Å²) in [6.07, 6.45) is 0. The monoisotopic (exact) mass is 535 g/mol. The molecule has 4 rings (SSSR count). The molecular formula is C30H30ClNO6. The molecule has 1 N–H and O–H groups in total. The number of ether oxygens (including phenoxy) is 3. The lowest BCUT2D eigenvalue weighted by Crippen LogP contribution is -2.32. The van der Waals surface area contributed by atoms with Gasteiger partial charge in [0, 0.05) is 19.2 Å². The molecule has 1 fully saturated rings. The molecule has 0 aliphatic carbocycles. The lowest BCUT2D eigenvalue weighted by molar-refractivity contribution is -0.140. The first-order chi connectivity index (χ1) is 18.3. The highest BCUT2D eigenvalue weighted by molar-refractivity contribution is 6.47. The molecule has 1 heterocycles. The van der Waals surface area contributed by atoms with Crippen LogP contribution in [-0.2, 0) is 20.9 Å². The molecule has 0 saturated carbocycles. The lowest BCUT2D eigenvalue weighted by Gasteiger charge is -2.25. The number of aryl methyl sites for hydroxylation is 1. The summed E-state index contributed by atoms with van der Waals surface area (Å²) in [5.41, 5.74) is 3.02. The molecule has 0 aromatic heterocycles. The van der Waals surface area contributed by atoms with Gasteiger partial charge in [0.25, 0.3) is 11.7 Å². The van der Waals surface area contributed by atoms with E-state index in [2.05, 4.69) is 0 Å². The van der Waals surface area contributed by atoms with Crippen molar-refractivity contribution in [2.75, 3.05) is 26.9 Å². The molecule has 8 heteroatoms. The number of methoxy groups -OCH3 is 1. The molecule has 38 heavy (non-hydrogen) atoms. The van der Waals surface area contributed by atoms with Crippen LogP contribution in [0.2, 0.25) is 5.02 Å². The van der Waals surface area contributed by atoms with E-state index in [9.17, 15) is 14.7 Å². The summed E-state index contributed by atoms with van der Waals surface area (Å²) >= 11 is 6.39. The minimum atomic E-state index is -0.831. The van der Waals surface area contributed by atoms with Crippen molar-refractivity contribution in [1.82, 2.24) is 4.90 Å². The van der Waals surface area contributed by atoms with Crippen molar-refractivity contribution in [3.05, 3.63) is 99.6 Å². The zero-order valence-corrected chi connectivity index (χ0v) is 22.3. The normalized spacial score (nSPS) is 16.6. The zero-order chi connectivity index (χ0) is 27.2. The second-order valence-electron chi connectivity index (χ2n) is 8.84. The van der Waals surface area contributed by atoms with E-state index in [-0.39, 0.29) is 35.1 Å². The van der Waals surface area contributed by atoms with Gasteiger partial charge in [-0.05, 0) is 60.9 Å². The third kappa shape index (κ3) is 5.69. The van der Waals surface area contributed by atoms with Crippen LogP contribution in [0.4, 0.5) is 0 Å². The summed E-state index contributed by atoms with van der Waals surface area (Å²) in [7, 11) is 1.52. The van der Waals surface area contributed by atoms with Crippen LogP contribution < -0.4 is 9.47 Å². The van der Waals surface area contributed by atoms with Crippen molar-refractivity contribution >= 4 is 29.1 Å². The summed E-state index contributed by atoms with van der Waals surface area (Å²) in [6.45, 7) is 5.09. The number of likely N-dealkylation sites (tertiary alicyclic amines) is 1. The van der Waals surface area contributed by atoms with Gasteiger partial charge in [0.15, 0.2) is 0 Å². The number of aliphatic hydroxyl groups is 1. The standard InChI is InChI=1S/C30H30ClNO6/c1-4-37-23-13-14-25(31)24(17-23)28(33)26-27(32(15-16-36-3)30(35)29(26)34)20-9-11-22(12-10-20)38-18-21-8-6-5-7-19(21)2/h5-14,17,27,33H,4,15-16,18H2,1-3H3/b28-26+. The fraction of sp³-hybridized carbons (Fsp3) is 0.267. The fourth-order valence-electron chi connectivity index (χ4n) is 4.41. The lowest BCUT2D eigenvalue weighted by atomic mass is 9.95.